The number of nitrogens with zero attached hydrogens (tertiary/aromatic N) is 2. The Morgan fingerprint density at radius 3 is 2.42 bits per heavy atom. The zero-order valence-electron chi connectivity index (χ0n) is 14.4. The van der Waals surface area contributed by atoms with Crippen LogP contribution < -0.4 is 5.69 Å². The van der Waals surface area contributed by atoms with Crippen molar-refractivity contribution in [1.82, 2.24) is 20.1 Å². The first kappa shape index (κ1) is 17.6. The lowest BCUT2D eigenvalue weighted by molar-refractivity contribution is -0.231. The van der Waals surface area contributed by atoms with Gasteiger partial charge in [0.15, 0.2) is 0 Å². The number of fused-ring (bicyclic) bond motifs is 3. The SMILES string of the molecule is O=C([C@H]1C2CCC(CC2)[C@@H]1C(F)(F)F)N1CCCC(c2n[nH]c(=O)[nH]2)C1. The molecule has 1 unspecified atom stereocenters. The van der Waals surface area contributed by atoms with E-state index in [4.69, 9.17) is 0 Å². The molecule has 2 N–H and O–H groups in total. The highest BCUT2D eigenvalue weighted by atomic mass is 19.4. The van der Waals surface area contributed by atoms with Gasteiger partial charge in [0.25, 0.3) is 0 Å². The highest BCUT2D eigenvalue weighted by molar-refractivity contribution is 5.80. The van der Waals surface area contributed by atoms with E-state index in [0.717, 1.165) is 19.3 Å². The molecule has 5 rings (SSSR count). The van der Waals surface area contributed by atoms with E-state index in [1.165, 1.54) is 0 Å². The van der Waals surface area contributed by atoms with Crippen molar-refractivity contribution in [2.45, 2.75) is 50.6 Å². The lowest BCUT2D eigenvalue weighted by Crippen LogP contribution is -2.55. The van der Waals surface area contributed by atoms with Gasteiger partial charge in [-0.1, -0.05) is 0 Å². The van der Waals surface area contributed by atoms with Crippen molar-refractivity contribution in [2.75, 3.05) is 13.1 Å². The number of rotatable bonds is 2. The number of hydrogen-bond donors (Lipinski definition) is 2. The van der Waals surface area contributed by atoms with Gasteiger partial charge >= 0.3 is 11.9 Å². The van der Waals surface area contributed by atoms with E-state index in [0.29, 0.717) is 38.2 Å². The number of carbonyl (C=O) groups is 1. The fourth-order valence-electron chi connectivity index (χ4n) is 5.36. The summed E-state index contributed by atoms with van der Waals surface area (Å²) in [7, 11) is 0. The van der Waals surface area contributed by atoms with Gasteiger partial charge in [-0.05, 0) is 50.4 Å². The van der Waals surface area contributed by atoms with E-state index in [1.54, 1.807) is 4.90 Å². The van der Waals surface area contributed by atoms with Crippen molar-refractivity contribution >= 4 is 5.91 Å². The molecular formula is C17H23F3N4O2. The average Bonchev–Trinajstić information content (AvgIpc) is 3.07. The molecule has 1 aromatic rings. The van der Waals surface area contributed by atoms with Crippen LogP contribution in [0.1, 0.15) is 50.3 Å². The Kier molecular flexibility index (Phi) is 4.35. The van der Waals surface area contributed by atoms with E-state index in [2.05, 4.69) is 15.2 Å². The fraction of sp³-hybridized carbons (Fsp3) is 0.824. The lowest BCUT2D eigenvalue weighted by Gasteiger charge is -2.50. The van der Waals surface area contributed by atoms with Gasteiger partial charge in [-0.3, -0.25) is 9.78 Å². The molecule has 0 radical (unpaired) electrons. The van der Waals surface area contributed by atoms with Crippen LogP contribution in [0, 0.1) is 23.7 Å². The zero-order chi connectivity index (χ0) is 18.5. The van der Waals surface area contributed by atoms with Gasteiger partial charge in [0.05, 0.1) is 11.8 Å². The Morgan fingerprint density at radius 2 is 1.81 bits per heavy atom. The maximum absolute atomic E-state index is 13.7. The molecular weight excluding hydrogens is 349 g/mol. The van der Waals surface area contributed by atoms with Crippen molar-refractivity contribution in [2.24, 2.45) is 23.7 Å². The summed E-state index contributed by atoms with van der Waals surface area (Å²) in [6.07, 6.45) is -0.278. The molecule has 2 heterocycles. The Morgan fingerprint density at radius 1 is 1.12 bits per heavy atom. The van der Waals surface area contributed by atoms with Crippen LogP contribution in [0.25, 0.3) is 0 Å². The molecule has 26 heavy (non-hydrogen) atoms. The molecule has 6 nitrogen and oxygen atoms in total. The van der Waals surface area contributed by atoms with Crippen LogP contribution in [0.4, 0.5) is 13.2 Å². The van der Waals surface area contributed by atoms with Crippen LogP contribution >= 0.6 is 0 Å². The maximum atomic E-state index is 13.7. The maximum Gasteiger partial charge on any atom is 0.392 e. The van der Waals surface area contributed by atoms with Gasteiger partial charge in [0.1, 0.15) is 5.82 Å². The molecule has 2 bridgehead atoms. The molecule has 9 heteroatoms. The minimum atomic E-state index is -4.33. The normalized spacial score (nSPS) is 34.9. The van der Waals surface area contributed by atoms with Gasteiger partial charge in [-0.25, -0.2) is 9.89 Å². The molecule has 144 valence electrons. The molecule has 1 saturated heterocycles. The molecule has 4 fully saturated rings. The number of aromatic amines is 2. The smallest absolute Gasteiger partial charge is 0.342 e. The molecule has 3 atom stereocenters. The summed E-state index contributed by atoms with van der Waals surface area (Å²) in [6.45, 7) is 0.792. The first-order valence-corrected chi connectivity index (χ1v) is 9.34. The highest BCUT2D eigenvalue weighted by Gasteiger charge is 2.58. The number of alkyl halides is 3. The van der Waals surface area contributed by atoms with Crippen LogP contribution in [0.3, 0.4) is 0 Å². The topological polar surface area (TPSA) is 81.8 Å². The van der Waals surface area contributed by atoms with Crippen LogP contribution in [0.15, 0.2) is 4.79 Å². The Hall–Kier alpha value is -1.80. The van der Waals surface area contributed by atoms with E-state index < -0.39 is 29.6 Å². The van der Waals surface area contributed by atoms with E-state index in [9.17, 15) is 22.8 Å². The van der Waals surface area contributed by atoms with E-state index in [-0.39, 0.29) is 17.7 Å². The van der Waals surface area contributed by atoms with Crippen LogP contribution in [0.2, 0.25) is 0 Å². The molecule has 1 amide bonds. The molecule has 3 aliphatic carbocycles. The van der Waals surface area contributed by atoms with E-state index >= 15 is 0 Å². The number of hydrogen-bond acceptors (Lipinski definition) is 3. The van der Waals surface area contributed by atoms with Crippen LogP contribution in [-0.2, 0) is 4.79 Å². The molecule has 3 saturated carbocycles. The second-order valence-corrected chi connectivity index (χ2v) is 7.95. The number of amides is 1. The Bertz CT molecular complexity index is 720. The number of halogens is 3. The predicted molar refractivity (Wildman–Crippen MR) is 86.2 cm³/mol. The second-order valence-electron chi connectivity index (χ2n) is 7.95. The van der Waals surface area contributed by atoms with Crippen molar-refractivity contribution in [3.63, 3.8) is 0 Å². The van der Waals surface area contributed by atoms with Crippen molar-refractivity contribution in [3.05, 3.63) is 16.3 Å². The fourth-order valence-corrected chi connectivity index (χ4v) is 5.36. The summed E-state index contributed by atoms with van der Waals surface area (Å²) in [6, 6.07) is 0. The lowest BCUT2D eigenvalue weighted by atomic mass is 9.58. The van der Waals surface area contributed by atoms with Gasteiger partial charge in [-0.15, -0.1) is 0 Å². The summed E-state index contributed by atoms with van der Waals surface area (Å²) in [5.74, 6) is -3.06. The molecule has 4 aliphatic rings. The minimum Gasteiger partial charge on any atom is -0.342 e. The standard InChI is InChI=1S/C17H23F3N4O2/c18-17(19,20)13-10-5-3-9(4-6-10)12(13)15(25)24-7-1-2-11(8-24)14-21-16(26)23-22-14/h9-13H,1-8H2,(H2,21,22,23,26)/t9?,10?,11?,12-,13-/m0/s1. The van der Waals surface area contributed by atoms with Gasteiger partial charge in [-0.2, -0.15) is 18.3 Å². The molecule has 0 aromatic carbocycles. The summed E-state index contributed by atoms with van der Waals surface area (Å²) < 4.78 is 41.1. The number of aromatic nitrogens is 3. The average molecular weight is 372 g/mol. The number of H-pyrrole nitrogens is 2. The number of piperidine rings is 1. The Labute approximate surface area is 148 Å². The summed E-state index contributed by atoms with van der Waals surface area (Å²) in [5, 5.41) is 6.24. The van der Waals surface area contributed by atoms with Crippen molar-refractivity contribution in [3.8, 4) is 0 Å². The Balaban J connectivity index is 1.54. The van der Waals surface area contributed by atoms with Gasteiger partial charge in [0, 0.05) is 19.0 Å². The summed E-state index contributed by atoms with van der Waals surface area (Å²) in [5.41, 5.74) is -0.412. The van der Waals surface area contributed by atoms with Crippen LogP contribution in [0.5, 0.6) is 0 Å². The summed E-state index contributed by atoms with van der Waals surface area (Å²) >= 11 is 0. The predicted octanol–water partition coefficient (Wildman–Crippen LogP) is 2.42. The number of likely N-dealkylation sites (tertiary alicyclic amines) is 1. The molecule has 1 aliphatic heterocycles. The number of carbonyl (C=O) groups excluding carboxylic acids is 1. The third-order valence-corrected chi connectivity index (χ3v) is 6.52. The third-order valence-electron chi connectivity index (χ3n) is 6.52. The third kappa shape index (κ3) is 3.05. The first-order valence-electron chi connectivity index (χ1n) is 9.34. The van der Waals surface area contributed by atoms with Crippen molar-refractivity contribution in [1.29, 1.82) is 0 Å². The van der Waals surface area contributed by atoms with Gasteiger partial charge in [0.2, 0.25) is 5.91 Å². The summed E-state index contributed by atoms with van der Waals surface area (Å²) in [4.78, 5) is 28.5. The van der Waals surface area contributed by atoms with E-state index in [1.807, 2.05) is 0 Å². The van der Waals surface area contributed by atoms with Crippen molar-refractivity contribution < 1.29 is 18.0 Å². The van der Waals surface area contributed by atoms with Crippen LogP contribution in [-0.4, -0.2) is 45.3 Å². The number of nitrogens with one attached hydrogen (secondary N) is 2. The highest BCUT2D eigenvalue weighted by Crippen LogP contribution is 2.55. The largest absolute Gasteiger partial charge is 0.392 e. The minimum absolute atomic E-state index is 0.142. The monoisotopic (exact) mass is 372 g/mol. The zero-order valence-corrected chi connectivity index (χ0v) is 14.4. The van der Waals surface area contributed by atoms with Gasteiger partial charge < -0.3 is 4.90 Å². The molecule has 1 aromatic heterocycles. The molecule has 0 spiro atoms. The quantitative estimate of drug-likeness (QED) is 0.837. The first-order chi connectivity index (χ1) is 12.3. The second kappa shape index (κ2) is 6.42.